The predicted molar refractivity (Wildman–Crippen MR) is 49.3 cm³/mol. The van der Waals surface area contributed by atoms with Gasteiger partial charge in [0.25, 0.3) is 0 Å². The third-order valence-electron chi connectivity index (χ3n) is 1.74. The van der Waals surface area contributed by atoms with Crippen LogP contribution in [0.2, 0.25) is 0 Å². The van der Waals surface area contributed by atoms with E-state index in [1.807, 2.05) is 0 Å². The molecule has 1 aliphatic rings. The van der Waals surface area contributed by atoms with Crippen molar-refractivity contribution < 1.29 is 0 Å². The Morgan fingerprint density at radius 1 is 1.36 bits per heavy atom. The zero-order chi connectivity index (χ0) is 7.94. The fourth-order valence-corrected chi connectivity index (χ4v) is 1.12. The first-order chi connectivity index (χ1) is 5.43. The van der Waals surface area contributed by atoms with Crippen LogP contribution in [0.3, 0.4) is 0 Å². The first-order valence-corrected chi connectivity index (χ1v) is 4.16. The van der Waals surface area contributed by atoms with E-state index >= 15 is 0 Å². The van der Waals surface area contributed by atoms with E-state index in [1.54, 1.807) is 0 Å². The first kappa shape index (κ1) is 8.28. The minimum atomic E-state index is 0.790. The molecular formula is C10H15N. The lowest BCUT2D eigenvalue weighted by molar-refractivity contribution is 0.833. The van der Waals surface area contributed by atoms with Crippen LogP contribution in [0.4, 0.5) is 0 Å². The minimum Gasteiger partial charge on any atom is -0.330 e. The molecule has 1 heteroatoms. The molecule has 1 nitrogen and oxygen atoms in total. The van der Waals surface area contributed by atoms with E-state index < -0.39 is 0 Å². The highest BCUT2D eigenvalue weighted by Gasteiger charge is 1.92. The topological polar surface area (TPSA) is 26.0 Å². The van der Waals surface area contributed by atoms with Gasteiger partial charge in [-0.1, -0.05) is 36.0 Å². The maximum Gasteiger partial charge on any atom is -0.00741 e. The van der Waals surface area contributed by atoms with Crippen LogP contribution in [0.15, 0.2) is 36.0 Å². The van der Waals surface area contributed by atoms with E-state index in [2.05, 4.69) is 30.4 Å². The number of allylic oxidation sites excluding steroid dienone is 6. The van der Waals surface area contributed by atoms with E-state index in [0.717, 1.165) is 25.8 Å². The summed E-state index contributed by atoms with van der Waals surface area (Å²) in [5.41, 5.74) is 6.83. The van der Waals surface area contributed by atoms with Gasteiger partial charge in [0.2, 0.25) is 0 Å². The van der Waals surface area contributed by atoms with Crippen molar-refractivity contribution in [1.29, 1.82) is 0 Å². The Kier molecular flexibility index (Phi) is 3.70. The highest BCUT2D eigenvalue weighted by Crippen LogP contribution is 2.10. The second kappa shape index (κ2) is 4.91. The van der Waals surface area contributed by atoms with Gasteiger partial charge in [-0.2, -0.15) is 0 Å². The summed E-state index contributed by atoms with van der Waals surface area (Å²) >= 11 is 0. The summed E-state index contributed by atoms with van der Waals surface area (Å²) in [6.45, 7) is 0.790. The molecule has 0 aromatic rings. The Morgan fingerprint density at radius 3 is 3.09 bits per heavy atom. The zero-order valence-electron chi connectivity index (χ0n) is 6.79. The normalized spacial score (nSPS) is 16.3. The standard InChI is InChI=1S/C10H15N/c11-9-5-8-10-6-3-1-2-4-7-10/h1-3,6-7H,4-5,8-9,11H2. The second-order valence-corrected chi connectivity index (χ2v) is 2.69. The average Bonchev–Trinajstić information content (AvgIpc) is 2.28. The van der Waals surface area contributed by atoms with E-state index in [4.69, 9.17) is 5.73 Å². The molecule has 0 atom stereocenters. The smallest absolute Gasteiger partial charge is 0.00741 e. The van der Waals surface area contributed by atoms with Crippen LogP contribution in [0.5, 0.6) is 0 Å². The first-order valence-electron chi connectivity index (χ1n) is 4.16. The van der Waals surface area contributed by atoms with Gasteiger partial charge in [0.1, 0.15) is 0 Å². The fourth-order valence-electron chi connectivity index (χ4n) is 1.12. The highest BCUT2D eigenvalue weighted by atomic mass is 14.5. The van der Waals surface area contributed by atoms with Crippen molar-refractivity contribution in [1.82, 2.24) is 0 Å². The third-order valence-corrected chi connectivity index (χ3v) is 1.74. The Labute approximate surface area is 68.3 Å². The minimum absolute atomic E-state index is 0.790. The van der Waals surface area contributed by atoms with E-state index in [0.29, 0.717) is 0 Å². The molecule has 60 valence electrons. The van der Waals surface area contributed by atoms with E-state index in [9.17, 15) is 0 Å². The van der Waals surface area contributed by atoms with Gasteiger partial charge in [0.05, 0.1) is 0 Å². The summed E-state index contributed by atoms with van der Waals surface area (Å²) < 4.78 is 0. The number of nitrogens with two attached hydrogens (primary N) is 1. The lowest BCUT2D eigenvalue weighted by Gasteiger charge is -1.97. The van der Waals surface area contributed by atoms with Gasteiger partial charge in [-0.05, 0) is 25.8 Å². The molecule has 0 unspecified atom stereocenters. The molecule has 0 spiro atoms. The molecule has 0 fully saturated rings. The van der Waals surface area contributed by atoms with Crippen LogP contribution in [0.1, 0.15) is 19.3 Å². The van der Waals surface area contributed by atoms with E-state index in [1.165, 1.54) is 5.57 Å². The van der Waals surface area contributed by atoms with Gasteiger partial charge in [-0.3, -0.25) is 0 Å². The predicted octanol–water partition coefficient (Wildman–Crippen LogP) is 2.17. The van der Waals surface area contributed by atoms with Crippen molar-refractivity contribution in [2.75, 3.05) is 6.54 Å². The molecule has 0 aromatic carbocycles. The average molecular weight is 149 g/mol. The van der Waals surface area contributed by atoms with Crippen LogP contribution in [0.25, 0.3) is 0 Å². The highest BCUT2D eigenvalue weighted by molar-refractivity contribution is 5.26. The van der Waals surface area contributed by atoms with Crippen molar-refractivity contribution in [3.63, 3.8) is 0 Å². The van der Waals surface area contributed by atoms with Crippen LogP contribution < -0.4 is 5.73 Å². The van der Waals surface area contributed by atoms with Gasteiger partial charge < -0.3 is 5.73 Å². The van der Waals surface area contributed by atoms with Crippen molar-refractivity contribution in [2.24, 2.45) is 5.73 Å². The van der Waals surface area contributed by atoms with Gasteiger partial charge in [-0.15, -0.1) is 0 Å². The molecule has 0 aliphatic heterocycles. The summed E-state index contributed by atoms with van der Waals surface area (Å²) in [5.74, 6) is 0. The monoisotopic (exact) mass is 149 g/mol. The molecule has 0 radical (unpaired) electrons. The molecule has 1 rings (SSSR count). The van der Waals surface area contributed by atoms with Crippen LogP contribution >= 0.6 is 0 Å². The van der Waals surface area contributed by atoms with Crippen molar-refractivity contribution in [3.05, 3.63) is 36.0 Å². The largest absolute Gasteiger partial charge is 0.330 e. The molecule has 0 amide bonds. The van der Waals surface area contributed by atoms with Crippen molar-refractivity contribution in [3.8, 4) is 0 Å². The molecule has 11 heavy (non-hydrogen) atoms. The third kappa shape index (κ3) is 3.19. The van der Waals surface area contributed by atoms with Crippen molar-refractivity contribution >= 4 is 0 Å². The Morgan fingerprint density at radius 2 is 2.27 bits per heavy atom. The van der Waals surface area contributed by atoms with Gasteiger partial charge in [0.15, 0.2) is 0 Å². The lowest BCUT2D eigenvalue weighted by atomic mass is 10.1. The summed E-state index contributed by atoms with van der Waals surface area (Å²) in [6.07, 6.45) is 14.0. The molecular weight excluding hydrogens is 134 g/mol. The lowest BCUT2D eigenvalue weighted by Crippen LogP contribution is -1.98. The molecule has 2 N–H and O–H groups in total. The maximum atomic E-state index is 5.42. The van der Waals surface area contributed by atoms with Crippen LogP contribution in [-0.4, -0.2) is 6.54 Å². The Balaban J connectivity index is 2.38. The molecule has 0 heterocycles. The molecule has 0 aromatic heterocycles. The quantitative estimate of drug-likeness (QED) is 0.654. The number of hydrogen-bond donors (Lipinski definition) is 1. The second-order valence-electron chi connectivity index (χ2n) is 2.69. The summed E-state index contributed by atoms with van der Waals surface area (Å²) in [6, 6.07) is 0. The molecule has 1 aliphatic carbocycles. The number of hydrogen-bond acceptors (Lipinski definition) is 1. The molecule has 0 saturated carbocycles. The summed E-state index contributed by atoms with van der Waals surface area (Å²) in [7, 11) is 0. The Hall–Kier alpha value is -0.820. The summed E-state index contributed by atoms with van der Waals surface area (Å²) in [4.78, 5) is 0. The van der Waals surface area contributed by atoms with Crippen molar-refractivity contribution in [2.45, 2.75) is 19.3 Å². The summed E-state index contributed by atoms with van der Waals surface area (Å²) in [5, 5.41) is 0. The molecule has 0 bridgehead atoms. The molecule has 0 saturated heterocycles. The zero-order valence-corrected chi connectivity index (χ0v) is 6.79. The van der Waals surface area contributed by atoms with Gasteiger partial charge in [-0.25, -0.2) is 0 Å². The van der Waals surface area contributed by atoms with Gasteiger partial charge in [0, 0.05) is 0 Å². The fraction of sp³-hybridized carbons (Fsp3) is 0.400. The maximum absolute atomic E-state index is 5.42. The van der Waals surface area contributed by atoms with E-state index in [-0.39, 0.29) is 0 Å². The SMILES string of the molecule is NCCCC1=CCC=CC=C1. The number of rotatable bonds is 3. The van der Waals surface area contributed by atoms with Crippen LogP contribution in [0, 0.1) is 0 Å². The van der Waals surface area contributed by atoms with Gasteiger partial charge >= 0.3 is 0 Å². The Bertz CT molecular complexity index is 187. The van der Waals surface area contributed by atoms with Crippen LogP contribution in [-0.2, 0) is 0 Å².